The van der Waals surface area contributed by atoms with Crippen molar-refractivity contribution < 1.29 is 9.59 Å². The van der Waals surface area contributed by atoms with Crippen molar-refractivity contribution in [1.29, 1.82) is 0 Å². The number of halogens is 3. The lowest BCUT2D eigenvalue weighted by Gasteiger charge is -2.07. The first-order valence-corrected chi connectivity index (χ1v) is 8.40. The Labute approximate surface area is 160 Å². The van der Waals surface area contributed by atoms with Gasteiger partial charge < -0.3 is 5.32 Å². The number of benzene rings is 2. The molecule has 5 nitrogen and oxygen atoms in total. The quantitative estimate of drug-likeness (QED) is 0.555. The fraction of sp³-hybridized carbons (Fsp3) is 0.118. The van der Waals surface area contributed by atoms with Gasteiger partial charge in [0.1, 0.15) is 0 Å². The van der Waals surface area contributed by atoms with Crippen molar-refractivity contribution in [2.24, 2.45) is 5.10 Å². The van der Waals surface area contributed by atoms with Crippen LogP contribution < -0.4 is 10.7 Å². The molecular weight excluding hydrogens is 385 g/mol. The van der Waals surface area contributed by atoms with Crippen molar-refractivity contribution in [3.8, 4) is 0 Å². The van der Waals surface area contributed by atoms with E-state index in [-0.39, 0.29) is 24.7 Å². The molecule has 0 aromatic heterocycles. The molecule has 2 amide bonds. The lowest BCUT2D eigenvalue weighted by molar-refractivity contribution is -0.124. The highest BCUT2D eigenvalue weighted by Crippen LogP contribution is 2.25. The molecule has 0 saturated carbocycles. The van der Waals surface area contributed by atoms with Crippen molar-refractivity contribution in [2.75, 3.05) is 5.32 Å². The van der Waals surface area contributed by atoms with E-state index in [4.69, 9.17) is 34.8 Å². The summed E-state index contributed by atoms with van der Waals surface area (Å²) in [6, 6.07) is 11.7. The summed E-state index contributed by atoms with van der Waals surface area (Å²) in [6.45, 7) is 0. The van der Waals surface area contributed by atoms with E-state index < -0.39 is 0 Å². The van der Waals surface area contributed by atoms with Gasteiger partial charge in [0.25, 0.3) is 0 Å². The van der Waals surface area contributed by atoms with Gasteiger partial charge in [0, 0.05) is 22.9 Å². The lowest BCUT2D eigenvalue weighted by Crippen LogP contribution is -2.20. The van der Waals surface area contributed by atoms with E-state index in [1.807, 2.05) is 0 Å². The van der Waals surface area contributed by atoms with Gasteiger partial charge in [-0.15, -0.1) is 0 Å². The van der Waals surface area contributed by atoms with Crippen molar-refractivity contribution in [1.82, 2.24) is 5.43 Å². The number of hydrazone groups is 1. The Morgan fingerprint density at radius 1 is 0.920 bits per heavy atom. The maximum atomic E-state index is 11.8. The zero-order chi connectivity index (χ0) is 18.2. The Balaban J connectivity index is 1.75. The van der Waals surface area contributed by atoms with E-state index in [1.54, 1.807) is 36.4 Å². The number of nitrogens with one attached hydrogen (secondary N) is 2. The molecule has 0 radical (unpaired) electrons. The summed E-state index contributed by atoms with van der Waals surface area (Å²) in [5.74, 6) is -0.705. The van der Waals surface area contributed by atoms with Crippen molar-refractivity contribution in [2.45, 2.75) is 12.8 Å². The second-order valence-electron chi connectivity index (χ2n) is 5.02. The summed E-state index contributed by atoms with van der Waals surface area (Å²) < 4.78 is 0. The summed E-state index contributed by atoms with van der Waals surface area (Å²) in [5, 5.41) is 7.86. The van der Waals surface area contributed by atoms with Gasteiger partial charge in [-0.25, -0.2) is 5.43 Å². The van der Waals surface area contributed by atoms with Gasteiger partial charge in [-0.2, -0.15) is 5.10 Å². The average molecular weight is 399 g/mol. The molecule has 0 unspecified atom stereocenters. The van der Waals surface area contributed by atoms with Crippen molar-refractivity contribution >= 4 is 58.5 Å². The molecule has 0 aliphatic heterocycles. The fourth-order valence-corrected chi connectivity index (χ4v) is 2.40. The maximum Gasteiger partial charge on any atom is 0.240 e. The topological polar surface area (TPSA) is 70.6 Å². The Bertz CT molecular complexity index is 792. The third kappa shape index (κ3) is 6.74. The first kappa shape index (κ1) is 19.2. The van der Waals surface area contributed by atoms with E-state index >= 15 is 0 Å². The number of anilines is 1. The SMILES string of the molecule is O=C(CCC(=O)Nc1ccc(Cl)cc1Cl)N/N=C/c1ccc(Cl)cc1. The number of hydrogen-bond donors (Lipinski definition) is 2. The van der Waals surface area contributed by atoms with Crippen LogP contribution in [0.2, 0.25) is 15.1 Å². The third-order valence-corrected chi connectivity index (χ3v) is 3.86. The molecule has 0 heterocycles. The number of amides is 2. The first-order valence-electron chi connectivity index (χ1n) is 7.26. The Kier molecular flexibility index (Phi) is 7.25. The van der Waals surface area contributed by atoms with Crippen LogP contribution >= 0.6 is 34.8 Å². The van der Waals surface area contributed by atoms with Crippen LogP contribution in [0.25, 0.3) is 0 Å². The van der Waals surface area contributed by atoms with E-state index in [9.17, 15) is 9.59 Å². The molecule has 0 aliphatic rings. The van der Waals surface area contributed by atoms with Gasteiger partial charge in [0.2, 0.25) is 11.8 Å². The highest BCUT2D eigenvalue weighted by molar-refractivity contribution is 6.36. The minimum Gasteiger partial charge on any atom is -0.325 e. The van der Waals surface area contributed by atoms with Gasteiger partial charge in [-0.1, -0.05) is 46.9 Å². The molecular formula is C17H14Cl3N3O2. The molecule has 0 spiro atoms. The van der Waals surface area contributed by atoms with Gasteiger partial charge in [0.05, 0.1) is 16.9 Å². The van der Waals surface area contributed by atoms with Crippen molar-refractivity contribution in [3.05, 3.63) is 63.1 Å². The zero-order valence-electron chi connectivity index (χ0n) is 12.9. The minimum atomic E-state index is -0.373. The fourth-order valence-electron chi connectivity index (χ4n) is 1.81. The van der Waals surface area contributed by atoms with Gasteiger partial charge in [0.15, 0.2) is 0 Å². The maximum absolute atomic E-state index is 11.8. The van der Waals surface area contributed by atoms with E-state index in [2.05, 4.69) is 15.8 Å². The molecule has 0 bridgehead atoms. The van der Waals surface area contributed by atoms with Crippen LogP contribution in [0.15, 0.2) is 47.6 Å². The highest BCUT2D eigenvalue weighted by atomic mass is 35.5. The number of carbonyl (C=O) groups excluding carboxylic acids is 2. The predicted octanol–water partition coefficient (Wildman–Crippen LogP) is 4.52. The monoisotopic (exact) mass is 397 g/mol. The second-order valence-corrected chi connectivity index (χ2v) is 6.30. The van der Waals surface area contributed by atoms with Crippen LogP contribution in [0.1, 0.15) is 18.4 Å². The molecule has 8 heteroatoms. The Hall–Kier alpha value is -2.08. The summed E-state index contributed by atoms with van der Waals surface area (Å²) in [4.78, 5) is 23.5. The molecule has 2 rings (SSSR count). The molecule has 0 fully saturated rings. The highest BCUT2D eigenvalue weighted by Gasteiger charge is 2.09. The van der Waals surface area contributed by atoms with Gasteiger partial charge in [-0.3, -0.25) is 9.59 Å². The first-order chi connectivity index (χ1) is 11.9. The molecule has 130 valence electrons. The molecule has 2 N–H and O–H groups in total. The molecule has 0 atom stereocenters. The molecule has 2 aromatic carbocycles. The number of hydrogen-bond acceptors (Lipinski definition) is 3. The summed E-state index contributed by atoms with van der Waals surface area (Å²) in [5.41, 5.74) is 3.59. The van der Waals surface area contributed by atoms with E-state index in [0.29, 0.717) is 20.8 Å². The zero-order valence-corrected chi connectivity index (χ0v) is 15.2. The molecule has 0 aliphatic carbocycles. The lowest BCUT2D eigenvalue weighted by atomic mass is 10.2. The van der Waals surface area contributed by atoms with Crippen LogP contribution in [0.3, 0.4) is 0 Å². The molecule has 2 aromatic rings. The number of nitrogens with zero attached hydrogens (tertiary/aromatic N) is 1. The smallest absolute Gasteiger partial charge is 0.240 e. The Morgan fingerprint density at radius 2 is 1.56 bits per heavy atom. The Morgan fingerprint density at radius 3 is 2.24 bits per heavy atom. The van der Waals surface area contributed by atoms with Gasteiger partial charge >= 0.3 is 0 Å². The standard InChI is InChI=1S/C17H14Cl3N3O2/c18-12-3-1-11(2-4-12)10-21-23-17(25)8-7-16(24)22-15-6-5-13(19)9-14(15)20/h1-6,9-10H,7-8H2,(H,22,24)(H,23,25)/b21-10+. The van der Waals surface area contributed by atoms with E-state index in [0.717, 1.165) is 5.56 Å². The van der Waals surface area contributed by atoms with E-state index in [1.165, 1.54) is 12.3 Å². The van der Waals surface area contributed by atoms with Crippen LogP contribution in [-0.2, 0) is 9.59 Å². The number of rotatable bonds is 6. The summed E-state index contributed by atoms with van der Waals surface area (Å²) in [6.07, 6.45) is 1.48. The van der Waals surface area contributed by atoms with Crippen LogP contribution in [0.4, 0.5) is 5.69 Å². The minimum absolute atomic E-state index is 0.00124. The van der Waals surface area contributed by atoms with Crippen LogP contribution in [-0.4, -0.2) is 18.0 Å². The number of carbonyl (C=O) groups is 2. The average Bonchev–Trinajstić information content (AvgIpc) is 2.57. The third-order valence-electron chi connectivity index (χ3n) is 3.06. The van der Waals surface area contributed by atoms with Crippen LogP contribution in [0, 0.1) is 0 Å². The second kappa shape index (κ2) is 9.42. The van der Waals surface area contributed by atoms with Gasteiger partial charge in [-0.05, 0) is 35.9 Å². The predicted molar refractivity (Wildman–Crippen MR) is 102 cm³/mol. The largest absolute Gasteiger partial charge is 0.325 e. The van der Waals surface area contributed by atoms with Crippen LogP contribution in [0.5, 0.6) is 0 Å². The summed E-state index contributed by atoms with van der Waals surface area (Å²) >= 11 is 17.5. The van der Waals surface area contributed by atoms with Crippen molar-refractivity contribution in [3.63, 3.8) is 0 Å². The normalized spacial score (nSPS) is 10.7. The molecule has 25 heavy (non-hydrogen) atoms. The summed E-state index contributed by atoms with van der Waals surface area (Å²) in [7, 11) is 0. The molecule has 0 saturated heterocycles.